The Kier molecular flexibility index (Phi) is 4.22. The molecule has 8 heteroatoms. The molecule has 0 atom stereocenters. The summed E-state index contributed by atoms with van der Waals surface area (Å²) in [5.74, 6) is 0. The first kappa shape index (κ1) is 15.9. The Labute approximate surface area is 152 Å². The first-order valence-electron chi connectivity index (χ1n) is 7.55. The molecule has 1 aliphatic heterocycles. The van der Waals surface area contributed by atoms with Crippen molar-refractivity contribution in [2.24, 2.45) is 0 Å². The lowest BCUT2D eigenvalue weighted by Crippen LogP contribution is -2.32. The Morgan fingerprint density at radius 3 is 3.08 bits per heavy atom. The number of hydrogen-bond acceptors (Lipinski definition) is 4. The van der Waals surface area contributed by atoms with E-state index >= 15 is 0 Å². The number of benzene rings is 1. The molecule has 2 aromatic heterocycles. The van der Waals surface area contributed by atoms with Crippen LogP contribution in [0.1, 0.15) is 16.1 Å². The van der Waals surface area contributed by atoms with E-state index in [0.29, 0.717) is 16.0 Å². The van der Waals surface area contributed by atoms with Crippen molar-refractivity contribution in [3.63, 3.8) is 0 Å². The predicted octanol–water partition coefficient (Wildman–Crippen LogP) is 3.81. The van der Waals surface area contributed by atoms with Crippen molar-refractivity contribution in [1.82, 2.24) is 20.2 Å². The second-order valence-corrected chi connectivity index (χ2v) is 7.67. The van der Waals surface area contributed by atoms with Gasteiger partial charge < -0.3 is 10.6 Å². The van der Waals surface area contributed by atoms with Gasteiger partial charge in [0.1, 0.15) is 0 Å². The molecule has 4 rings (SSSR count). The lowest BCUT2D eigenvalue weighted by molar-refractivity contribution is 0.242. The van der Waals surface area contributed by atoms with Crippen molar-refractivity contribution < 1.29 is 4.79 Å². The third-order valence-electron chi connectivity index (χ3n) is 4.14. The van der Waals surface area contributed by atoms with Crippen molar-refractivity contribution in [2.75, 3.05) is 6.54 Å². The van der Waals surface area contributed by atoms with Crippen LogP contribution in [0.5, 0.6) is 0 Å². The third-order valence-corrected chi connectivity index (χ3v) is 5.56. The van der Waals surface area contributed by atoms with E-state index in [0.717, 1.165) is 46.5 Å². The standard InChI is InChI=1S/C16H14Cl2N4OS/c17-12-3-1-2-10-11-8-19-5-4-13(11)22(14(10)12)16(23)21-7-9-6-20-15(18)24-9/h1-3,6,19H,4-5,7-8H2,(H,21,23). The highest BCUT2D eigenvalue weighted by molar-refractivity contribution is 7.15. The molecule has 0 spiro atoms. The highest BCUT2D eigenvalue weighted by atomic mass is 35.5. The fourth-order valence-electron chi connectivity index (χ4n) is 3.12. The molecule has 3 heterocycles. The molecule has 0 aliphatic carbocycles. The number of hydrogen-bond donors (Lipinski definition) is 2. The van der Waals surface area contributed by atoms with Gasteiger partial charge >= 0.3 is 6.03 Å². The molecule has 0 unspecified atom stereocenters. The molecule has 0 fully saturated rings. The smallest absolute Gasteiger partial charge is 0.326 e. The molecule has 5 nitrogen and oxygen atoms in total. The van der Waals surface area contributed by atoms with Gasteiger partial charge in [-0.1, -0.05) is 35.3 Å². The Morgan fingerprint density at radius 2 is 2.29 bits per heavy atom. The fraction of sp³-hybridized carbons (Fsp3) is 0.250. The van der Waals surface area contributed by atoms with Gasteiger partial charge in [-0.05, 0) is 11.6 Å². The largest absolute Gasteiger partial charge is 0.332 e. The molecule has 0 bridgehead atoms. The van der Waals surface area contributed by atoms with Crippen molar-refractivity contribution in [1.29, 1.82) is 0 Å². The average Bonchev–Trinajstić information content (AvgIpc) is 3.15. The average molecular weight is 381 g/mol. The maximum Gasteiger partial charge on any atom is 0.326 e. The van der Waals surface area contributed by atoms with Gasteiger partial charge in [0, 0.05) is 41.7 Å². The molecule has 1 aromatic carbocycles. The summed E-state index contributed by atoms with van der Waals surface area (Å²) in [4.78, 5) is 17.7. The van der Waals surface area contributed by atoms with Gasteiger partial charge in [-0.25, -0.2) is 9.78 Å². The molecule has 1 amide bonds. The van der Waals surface area contributed by atoms with Crippen molar-refractivity contribution >= 4 is 51.5 Å². The van der Waals surface area contributed by atoms with Gasteiger partial charge in [0.15, 0.2) is 4.47 Å². The number of carbonyl (C=O) groups excluding carboxylic acids is 1. The zero-order valence-corrected chi connectivity index (χ0v) is 14.9. The van der Waals surface area contributed by atoms with Gasteiger partial charge in [-0.2, -0.15) is 0 Å². The highest BCUT2D eigenvalue weighted by Gasteiger charge is 2.24. The van der Waals surface area contributed by atoms with Crippen LogP contribution in [-0.2, 0) is 19.5 Å². The molecule has 0 saturated carbocycles. The van der Waals surface area contributed by atoms with E-state index in [9.17, 15) is 4.79 Å². The summed E-state index contributed by atoms with van der Waals surface area (Å²) in [6.07, 6.45) is 2.47. The fourth-order valence-corrected chi connectivity index (χ4v) is 4.30. The summed E-state index contributed by atoms with van der Waals surface area (Å²) in [5.41, 5.74) is 2.94. The van der Waals surface area contributed by atoms with Crippen molar-refractivity contribution in [2.45, 2.75) is 19.5 Å². The van der Waals surface area contributed by atoms with Crippen LogP contribution in [0, 0.1) is 0 Å². The van der Waals surface area contributed by atoms with Crippen LogP contribution in [0.15, 0.2) is 24.4 Å². The van der Waals surface area contributed by atoms with E-state index in [1.54, 1.807) is 10.8 Å². The van der Waals surface area contributed by atoms with Crippen LogP contribution in [-0.4, -0.2) is 22.1 Å². The summed E-state index contributed by atoms with van der Waals surface area (Å²) in [6.45, 7) is 1.98. The first-order chi connectivity index (χ1) is 11.6. The Balaban J connectivity index is 1.73. The Morgan fingerprint density at radius 1 is 1.42 bits per heavy atom. The number of aromatic nitrogens is 2. The van der Waals surface area contributed by atoms with Gasteiger partial charge in [0.2, 0.25) is 0 Å². The van der Waals surface area contributed by atoms with Gasteiger partial charge in [0.05, 0.1) is 17.1 Å². The molecule has 124 valence electrons. The predicted molar refractivity (Wildman–Crippen MR) is 97.1 cm³/mol. The molecular weight excluding hydrogens is 367 g/mol. The van der Waals surface area contributed by atoms with Crippen molar-refractivity contribution in [3.8, 4) is 0 Å². The Hall–Kier alpha value is -1.60. The van der Waals surface area contributed by atoms with E-state index < -0.39 is 0 Å². The maximum atomic E-state index is 12.8. The van der Waals surface area contributed by atoms with Crippen LogP contribution >= 0.6 is 34.5 Å². The minimum absolute atomic E-state index is 0.180. The molecule has 0 saturated heterocycles. The number of para-hydroxylation sites is 1. The number of nitrogens with zero attached hydrogens (tertiary/aromatic N) is 2. The number of carbonyl (C=O) groups is 1. The number of nitrogens with one attached hydrogen (secondary N) is 2. The van der Waals surface area contributed by atoms with Crippen LogP contribution in [0.25, 0.3) is 10.9 Å². The van der Waals surface area contributed by atoms with Gasteiger partial charge in [-0.3, -0.25) is 4.57 Å². The SMILES string of the molecule is O=C(NCc1cnc(Cl)s1)n1c2c(c3cccc(Cl)c31)CNCC2. The van der Waals surface area contributed by atoms with Crippen LogP contribution < -0.4 is 10.6 Å². The first-order valence-corrected chi connectivity index (χ1v) is 9.12. The normalized spacial score (nSPS) is 13.9. The van der Waals surface area contributed by atoms with Gasteiger partial charge in [-0.15, -0.1) is 11.3 Å². The second kappa shape index (κ2) is 6.37. The molecule has 0 radical (unpaired) electrons. The van der Waals surface area contributed by atoms with Crippen LogP contribution in [0.4, 0.5) is 4.79 Å². The quantitative estimate of drug-likeness (QED) is 0.710. The third kappa shape index (κ3) is 2.69. The second-order valence-electron chi connectivity index (χ2n) is 5.56. The number of fused-ring (bicyclic) bond motifs is 3. The number of halogens is 2. The summed E-state index contributed by atoms with van der Waals surface area (Å²) in [7, 11) is 0. The lowest BCUT2D eigenvalue weighted by atomic mass is 10.1. The Bertz CT molecular complexity index is 934. The molecule has 1 aliphatic rings. The zero-order valence-electron chi connectivity index (χ0n) is 12.6. The zero-order chi connectivity index (χ0) is 16.7. The number of amides is 1. The van der Waals surface area contributed by atoms with E-state index in [-0.39, 0.29) is 6.03 Å². The molecule has 24 heavy (non-hydrogen) atoms. The maximum absolute atomic E-state index is 12.8. The monoisotopic (exact) mass is 380 g/mol. The van der Waals surface area contributed by atoms with Gasteiger partial charge in [0.25, 0.3) is 0 Å². The topological polar surface area (TPSA) is 59.0 Å². The molecule has 3 aromatic rings. The highest BCUT2D eigenvalue weighted by Crippen LogP contribution is 2.33. The number of thiazole rings is 1. The van der Waals surface area contributed by atoms with Crippen LogP contribution in [0.2, 0.25) is 9.49 Å². The minimum Gasteiger partial charge on any atom is -0.332 e. The summed E-state index contributed by atoms with van der Waals surface area (Å²) >= 11 is 13.6. The van der Waals surface area contributed by atoms with Crippen molar-refractivity contribution in [3.05, 3.63) is 50.0 Å². The number of rotatable bonds is 2. The lowest BCUT2D eigenvalue weighted by Gasteiger charge is -2.16. The van der Waals surface area contributed by atoms with E-state index in [1.807, 2.05) is 18.2 Å². The summed E-state index contributed by atoms with van der Waals surface area (Å²) < 4.78 is 2.19. The minimum atomic E-state index is -0.180. The van der Waals surface area contributed by atoms with Crippen LogP contribution in [0.3, 0.4) is 0 Å². The molecular formula is C16H14Cl2N4OS. The van der Waals surface area contributed by atoms with E-state index in [1.165, 1.54) is 11.3 Å². The van der Waals surface area contributed by atoms with E-state index in [2.05, 4.69) is 15.6 Å². The van der Waals surface area contributed by atoms with E-state index in [4.69, 9.17) is 23.2 Å². The molecule has 2 N–H and O–H groups in total. The summed E-state index contributed by atoms with van der Waals surface area (Å²) in [5, 5.41) is 7.91. The summed E-state index contributed by atoms with van der Waals surface area (Å²) in [6, 6.07) is 5.57.